The van der Waals surface area contributed by atoms with Crippen LogP contribution in [0.2, 0.25) is 0 Å². The quantitative estimate of drug-likeness (QED) is 0.0222. The molecule has 19 heteroatoms. The van der Waals surface area contributed by atoms with Crippen LogP contribution in [0.15, 0.2) is 0 Å². The molecule has 3 N–H and O–H groups in total. The van der Waals surface area contributed by atoms with Crippen molar-refractivity contribution < 1.29 is 80.2 Å². The first-order valence-corrected chi connectivity index (χ1v) is 38.5. The predicted octanol–water partition coefficient (Wildman–Crippen LogP) is 19.2. The summed E-state index contributed by atoms with van der Waals surface area (Å²) in [6, 6.07) is 0. The maximum atomic E-state index is 13.0. The Bertz CT molecular complexity index is 1700. The first kappa shape index (κ1) is 85.1. The standard InChI is InChI=1S/C68H132O17P2/c1-7-9-11-13-15-17-18-19-20-21-22-23-24-25-26-27-33-40-46-52-67(72)84-63(57-79-66(71)51-45-39-34-28-30-36-42-48-60(3)4)58-82-86(74,75)80-54-62(69)55-81-87(76,77)83-59-64(56-78-65(70)50-44-38-32-16-14-12-10-8-2)85-68(73)53-47-41-35-29-31-37-43-49-61(5)6/h60-64,69H,7-59H2,1-6H3,(H,74,75)(H,76,77)/t62-,63-,64-/m1/s1. The van der Waals surface area contributed by atoms with Gasteiger partial charge in [-0.2, -0.15) is 0 Å². The van der Waals surface area contributed by atoms with E-state index in [1.807, 2.05) is 0 Å². The maximum Gasteiger partial charge on any atom is 0.472 e. The number of aliphatic hydroxyl groups excluding tert-OH is 1. The molecule has 0 aromatic rings. The molecule has 0 saturated carbocycles. The monoisotopic (exact) mass is 1280 g/mol. The van der Waals surface area contributed by atoms with Crippen molar-refractivity contribution >= 4 is 39.5 Å². The number of hydrogen-bond donors (Lipinski definition) is 3. The SMILES string of the molecule is CCCCCCCCCCCCCCCCCCCCCC(=O)O[C@H](COC(=O)CCCCCCCCCC(C)C)COP(=O)(O)OC[C@@H](O)COP(=O)(O)OC[C@@H](COC(=O)CCCCCCCCCC)OC(=O)CCCCCCCCCC(C)C. The lowest BCUT2D eigenvalue weighted by atomic mass is 10.0. The fourth-order valence-corrected chi connectivity index (χ4v) is 11.8. The van der Waals surface area contributed by atoms with E-state index in [1.165, 1.54) is 148 Å². The van der Waals surface area contributed by atoms with Crippen LogP contribution >= 0.6 is 15.6 Å². The minimum atomic E-state index is -4.95. The van der Waals surface area contributed by atoms with E-state index in [0.29, 0.717) is 37.5 Å². The Kier molecular flexibility index (Phi) is 59.0. The van der Waals surface area contributed by atoms with Crippen LogP contribution < -0.4 is 0 Å². The van der Waals surface area contributed by atoms with Crippen LogP contribution in [0.4, 0.5) is 0 Å². The highest BCUT2D eigenvalue weighted by Gasteiger charge is 2.30. The van der Waals surface area contributed by atoms with Gasteiger partial charge < -0.3 is 33.8 Å². The smallest absolute Gasteiger partial charge is 0.462 e. The van der Waals surface area contributed by atoms with Crippen molar-refractivity contribution in [3.8, 4) is 0 Å². The van der Waals surface area contributed by atoms with Crippen LogP contribution in [-0.2, 0) is 65.4 Å². The van der Waals surface area contributed by atoms with Gasteiger partial charge in [0.15, 0.2) is 12.2 Å². The lowest BCUT2D eigenvalue weighted by Gasteiger charge is -2.21. The fourth-order valence-electron chi connectivity index (χ4n) is 10.2. The highest BCUT2D eigenvalue weighted by molar-refractivity contribution is 7.47. The van der Waals surface area contributed by atoms with Crippen LogP contribution in [0.3, 0.4) is 0 Å². The van der Waals surface area contributed by atoms with Gasteiger partial charge in [0.05, 0.1) is 26.4 Å². The Balaban J connectivity index is 5.16. The summed E-state index contributed by atoms with van der Waals surface area (Å²) in [5.41, 5.74) is 0. The summed E-state index contributed by atoms with van der Waals surface area (Å²) in [4.78, 5) is 72.3. The van der Waals surface area contributed by atoms with E-state index in [-0.39, 0.29) is 25.7 Å². The summed E-state index contributed by atoms with van der Waals surface area (Å²) in [7, 11) is -9.89. The third kappa shape index (κ3) is 62.6. The summed E-state index contributed by atoms with van der Waals surface area (Å²) in [5, 5.41) is 10.5. The van der Waals surface area contributed by atoms with Crippen LogP contribution in [0.25, 0.3) is 0 Å². The molecule has 87 heavy (non-hydrogen) atoms. The minimum Gasteiger partial charge on any atom is -0.462 e. The molecule has 516 valence electrons. The summed E-state index contributed by atoms with van der Waals surface area (Å²) in [6.45, 7) is 9.38. The fraction of sp³-hybridized carbons (Fsp3) is 0.941. The third-order valence-electron chi connectivity index (χ3n) is 15.7. The Morgan fingerprint density at radius 2 is 0.529 bits per heavy atom. The first-order chi connectivity index (χ1) is 41.9. The van der Waals surface area contributed by atoms with Gasteiger partial charge in [0, 0.05) is 25.7 Å². The molecule has 5 atom stereocenters. The van der Waals surface area contributed by atoms with Gasteiger partial charge >= 0.3 is 39.5 Å². The number of hydrogen-bond acceptors (Lipinski definition) is 15. The molecule has 0 heterocycles. The maximum absolute atomic E-state index is 13.0. The predicted molar refractivity (Wildman–Crippen MR) is 349 cm³/mol. The summed E-state index contributed by atoms with van der Waals surface area (Å²) >= 11 is 0. The molecular weight excluding hydrogens is 1150 g/mol. The van der Waals surface area contributed by atoms with Crippen molar-refractivity contribution in [3.63, 3.8) is 0 Å². The van der Waals surface area contributed by atoms with Crippen molar-refractivity contribution in [2.75, 3.05) is 39.6 Å². The molecule has 2 unspecified atom stereocenters. The molecule has 0 fully saturated rings. The van der Waals surface area contributed by atoms with Gasteiger partial charge in [0.2, 0.25) is 0 Å². The van der Waals surface area contributed by atoms with Crippen LogP contribution in [0, 0.1) is 11.8 Å². The number of carbonyl (C=O) groups excluding carboxylic acids is 4. The van der Waals surface area contributed by atoms with Gasteiger partial charge in [-0.05, 0) is 37.5 Å². The zero-order chi connectivity index (χ0) is 64.3. The largest absolute Gasteiger partial charge is 0.472 e. The third-order valence-corrected chi connectivity index (χ3v) is 17.6. The minimum absolute atomic E-state index is 0.103. The lowest BCUT2D eigenvalue weighted by molar-refractivity contribution is -0.161. The van der Waals surface area contributed by atoms with E-state index in [0.717, 1.165) is 103 Å². The van der Waals surface area contributed by atoms with E-state index < -0.39 is 97.5 Å². The highest BCUT2D eigenvalue weighted by Crippen LogP contribution is 2.45. The van der Waals surface area contributed by atoms with E-state index >= 15 is 0 Å². The number of phosphoric ester groups is 2. The van der Waals surface area contributed by atoms with E-state index in [4.69, 9.17) is 37.0 Å². The molecule has 0 aliphatic carbocycles. The lowest BCUT2D eigenvalue weighted by Crippen LogP contribution is -2.30. The van der Waals surface area contributed by atoms with Crippen molar-refractivity contribution in [2.45, 2.75) is 362 Å². The zero-order valence-corrected chi connectivity index (χ0v) is 58.1. The molecule has 0 aliphatic heterocycles. The summed E-state index contributed by atoms with van der Waals surface area (Å²) in [6.07, 6.45) is 44.8. The van der Waals surface area contributed by atoms with Crippen LogP contribution in [0.5, 0.6) is 0 Å². The molecular formula is C68H132O17P2. The summed E-state index contributed by atoms with van der Waals surface area (Å²) in [5.74, 6) is -0.733. The molecule has 0 bridgehead atoms. The number of aliphatic hydroxyl groups is 1. The second-order valence-electron chi connectivity index (χ2n) is 25.5. The molecule has 0 aliphatic rings. The molecule has 0 aromatic heterocycles. The zero-order valence-electron chi connectivity index (χ0n) is 56.3. The highest BCUT2D eigenvalue weighted by atomic mass is 31.2. The number of phosphoric acid groups is 2. The molecule has 0 amide bonds. The van der Waals surface area contributed by atoms with Gasteiger partial charge in [-0.1, -0.05) is 292 Å². The molecule has 0 radical (unpaired) electrons. The van der Waals surface area contributed by atoms with Crippen molar-refractivity contribution in [1.82, 2.24) is 0 Å². The van der Waals surface area contributed by atoms with Gasteiger partial charge in [0.1, 0.15) is 19.3 Å². The number of unbranched alkanes of at least 4 members (excludes halogenated alkanes) is 37. The Hall–Kier alpha value is -1.94. The molecule has 17 nitrogen and oxygen atoms in total. The van der Waals surface area contributed by atoms with Gasteiger partial charge in [-0.15, -0.1) is 0 Å². The average molecular weight is 1280 g/mol. The molecule has 0 spiro atoms. The normalized spacial score (nSPS) is 14.2. The topological polar surface area (TPSA) is 237 Å². The van der Waals surface area contributed by atoms with Crippen LogP contribution in [-0.4, -0.2) is 96.7 Å². The average Bonchev–Trinajstić information content (AvgIpc) is 3.67. The number of esters is 4. The molecule has 0 aromatic carbocycles. The van der Waals surface area contributed by atoms with Crippen LogP contribution in [0.1, 0.15) is 343 Å². The van der Waals surface area contributed by atoms with E-state index in [1.54, 1.807) is 0 Å². The molecule has 0 rings (SSSR count). The van der Waals surface area contributed by atoms with Crippen molar-refractivity contribution in [3.05, 3.63) is 0 Å². The first-order valence-electron chi connectivity index (χ1n) is 35.5. The van der Waals surface area contributed by atoms with Gasteiger partial charge in [0.25, 0.3) is 0 Å². The number of carbonyl (C=O) groups is 4. The van der Waals surface area contributed by atoms with Crippen molar-refractivity contribution in [2.24, 2.45) is 11.8 Å². The van der Waals surface area contributed by atoms with E-state index in [2.05, 4.69) is 41.5 Å². The second-order valence-corrected chi connectivity index (χ2v) is 28.4. The Labute approximate surface area is 530 Å². The van der Waals surface area contributed by atoms with E-state index in [9.17, 15) is 43.2 Å². The van der Waals surface area contributed by atoms with Gasteiger partial charge in [-0.3, -0.25) is 37.3 Å². The van der Waals surface area contributed by atoms with Gasteiger partial charge in [-0.25, -0.2) is 9.13 Å². The number of rotatable bonds is 67. The number of ether oxygens (including phenoxy) is 4. The second kappa shape index (κ2) is 60.3. The van der Waals surface area contributed by atoms with Crippen molar-refractivity contribution in [1.29, 1.82) is 0 Å². The Morgan fingerprint density at radius 3 is 0.782 bits per heavy atom. The molecule has 0 saturated heterocycles. The summed E-state index contributed by atoms with van der Waals surface area (Å²) < 4.78 is 68.1. The Morgan fingerprint density at radius 1 is 0.310 bits per heavy atom.